The number of hydrogen-bond donors (Lipinski definition) is 1. The van der Waals surface area contributed by atoms with Gasteiger partial charge >= 0.3 is 5.97 Å². The van der Waals surface area contributed by atoms with Crippen LogP contribution in [0, 0.1) is 0 Å². The largest absolute Gasteiger partial charge is 0.490 e. The fraction of sp³-hybridized carbons (Fsp3) is 0.385. The number of amides is 1. The lowest BCUT2D eigenvalue weighted by molar-refractivity contribution is -0.150. The summed E-state index contributed by atoms with van der Waals surface area (Å²) in [6.07, 6.45) is 0. The molecule has 0 atom stereocenters. The highest BCUT2D eigenvalue weighted by Gasteiger charge is 2.09. The highest BCUT2D eigenvalue weighted by molar-refractivity contribution is 5.80. The maximum Gasteiger partial charge on any atom is 0.344 e. The number of hydrogen-bond acceptors (Lipinski definition) is 5. The first-order valence-electron chi connectivity index (χ1n) is 5.88. The van der Waals surface area contributed by atoms with E-state index < -0.39 is 5.97 Å². The highest BCUT2D eigenvalue weighted by atomic mass is 16.6. The third-order valence-corrected chi connectivity index (χ3v) is 2.14. The van der Waals surface area contributed by atoms with Gasteiger partial charge in [-0.05, 0) is 19.1 Å². The van der Waals surface area contributed by atoms with Crippen molar-refractivity contribution in [2.45, 2.75) is 6.92 Å². The number of rotatable bonds is 7. The quantitative estimate of drug-likeness (QED) is 0.738. The summed E-state index contributed by atoms with van der Waals surface area (Å²) in [6.45, 7) is 1.77. The molecule has 1 N–H and O–H groups in total. The Labute approximate surface area is 111 Å². The molecule has 1 amide bonds. The zero-order valence-corrected chi connectivity index (χ0v) is 11.0. The van der Waals surface area contributed by atoms with Crippen LogP contribution in [0.5, 0.6) is 11.5 Å². The second-order valence-electron chi connectivity index (χ2n) is 3.50. The van der Waals surface area contributed by atoms with Gasteiger partial charge in [0.05, 0.1) is 6.61 Å². The van der Waals surface area contributed by atoms with Crippen LogP contribution in [0.2, 0.25) is 0 Å². The van der Waals surface area contributed by atoms with Crippen LogP contribution in [-0.2, 0) is 14.3 Å². The van der Waals surface area contributed by atoms with Gasteiger partial charge in [0, 0.05) is 7.05 Å². The molecular weight excluding hydrogens is 250 g/mol. The van der Waals surface area contributed by atoms with E-state index in [4.69, 9.17) is 14.2 Å². The smallest absolute Gasteiger partial charge is 0.344 e. The second-order valence-corrected chi connectivity index (χ2v) is 3.50. The number of para-hydroxylation sites is 2. The predicted molar refractivity (Wildman–Crippen MR) is 68.1 cm³/mol. The van der Waals surface area contributed by atoms with Crippen LogP contribution in [0.15, 0.2) is 24.3 Å². The molecule has 0 aliphatic heterocycles. The Morgan fingerprint density at radius 2 is 1.74 bits per heavy atom. The van der Waals surface area contributed by atoms with Crippen LogP contribution in [0.3, 0.4) is 0 Å². The zero-order valence-electron chi connectivity index (χ0n) is 11.0. The topological polar surface area (TPSA) is 73.9 Å². The minimum Gasteiger partial charge on any atom is -0.490 e. The predicted octanol–water partition coefficient (Wildman–Crippen LogP) is 0.753. The Kier molecular flexibility index (Phi) is 6.21. The van der Waals surface area contributed by atoms with Crippen molar-refractivity contribution in [3.63, 3.8) is 0 Å². The number of carbonyl (C=O) groups is 2. The molecule has 0 saturated carbocycles. The van der Waals surface area contributed by atoms with Gasteiger partial charge in [-0.1, -0.05) is 12.1 Å². The molecule has 0 radical (unpaired) electrons. The molecule has 0 aromatic heterocycles. The highest BCUT2D eigenvalue weighted by Crippen LogP contribution is 2.26. The van der Waals surface area contributed by atoms with Crippen molar-refractivity contribution in [3.05, 3.63) is 24.3 Å². The van der Waals surface area contributed by atoms with E-state index in [9.17, 15) is 9.59 Å². The molecule has 0 bridgehead atoms. The van der Waals surface area contributed by atoms with Crippen molar-refractivity contribution in [2.75, 3.05) is 26.9 Å². The summed E-state index contributed by atoms with van der Waals surface area (Å²) in [4.78, 5) is 22.2. The molecule has 6 heteroatoms. The fourth-order valence-electron chi connectivity index (χ4n) is 1.24. The molecule has 0 aliphatic carbocycles. The molecular formula is C13H17NO5. The van der Waals surface area contributed by atoms with Gasteiger partial charge in [-0.2, -0.15) is 0 Å². The normalized spacial score (nSPS) is 9.58. The van der Waals surface area contributed by atoms with Gasteiger partial charge < -0.3 is 19.5 Å². The van der Waals surface area contributed by atoms with Crippen LogP contribution >= 0.6 is 0 Å². The van der Waals surface area contributed by atoms with Crippen LogP contribution in [0.1, 0.15) is 6.92 Å². The summed E-state index contributed by atoms with van der Waals surface area (Å²) in [5, 5.41) is 2.34. The van der Waals surface area contributed by atoms with Crippen molar-refractivity contribution in [2.24, 2.45) is 0 Å². The maximum atomic E-state index is 11.3. The molecule has 0 unspecified atom stereocenters. The van der Waals surface area contributed by atoms with E-state index in [-0.39, 0.29) is 19.1 Å². The Morgan fingerprint density at radius 3 is 2.32 bits per heavy atom. The SMILES string of the molecule is CCOc1ccccc1OCC(=O)OCC(=O)NC. The molecule has 1 rings (SSSR count). The standard InChI is InChI=1S/C13H17NO5/c1-3-17-10-6-4-5-7-11(10)18-9-13(16)19-8-12(15)14-2/h4-7H,3,8-9H2,1-2H3,(H,14,15). The van der Waals surface area contributed by atoms with E-state index in [0.717, 1.165) is 0 Å². The van der Waals surface area contributed by atoms with E-state index in [1.807, 2.05) is 13.0 Å². The third kappa shape index (κ3) is 5.29. The average molecular weight is 267 g/mol. The zero-order chi connectivity index (χ0) is 14.1. The summed E-state index contributed by atoms with van der Waals surface area (Å²) in [5.74, 6) is 0.0308. The molecule has 19 heavy (non-hydrogen) atoms. The van der Waals surface area contributed by atoms with Crippen molar-refractivity contribution >= 4 is 11.9 Å². The lowest BCUT2D eigenvalue weighted by atomic mass is 10.3. The summed E-state index contributed by atoms with van der Waals surface area (Å²) >= 11 is 0. The van der Waals surface area contributed by atoms with Crippen molar-refractivity contribution in [1.29, 1.82) is 0 Å². The summed E-state index contributed by atoms with van der Waals surface area (Å²) in [7, 11) is 1.46. The van der Waals surface area contributed by atoms with Crippen LogP contribution < -0.4 is 14.8 Å². The van der Waals surface area contributed by atoms with Gasteiger partial charge in [-0.15, -0.1) is 0 Å². The summed E-state index contributed by atoms with van der Waals surface area (Å²) < 4.78 is 15.3. The maximum absolute atomic E-state index is 11.3. The Balaban J connectivity index is 2.43. The number of carbonyl (C=O) groups excluding carboxylic acids is 2. The monoisotopic (exact) mass is 267 g/mol. The lowest BCUT2D eigenvalue weighted by Gasteiger charge is -2.11. The van der Waals surface area contributed by atoms with Gasteiger partial charge in [0.25, 0.3) is 5.91 Å². The first kappa shape index (κ1) is 14.8. The fourth-order valence-corrected chi connectivity index (χ4v) is 1.24. The molecule has 0 heterocycles. The molecule has 6 nitrogen and oxygen atoms in total. The molecule has 0 saturated heterocycles. The average Bonchev–Trinajstić information content (AvgIpc) is 2.44. The summed E-state index contributed by atoms with van der Waals surface area (Å²) in [5.41, 5.74) is 0. The van der Waals surface area contributed by atoms with E-state index in [0.29, 0.717) is 18.1 Å². The van der Waals surface area contributed by atoms with Crippen LogP contribution in [0.4, 0.5) is 0 Å². The molecule has 0 aliphatic rings. The van der Waals surface area contributed by atoms with E-state index in [2.05, 4.69) is 5.32 Å². The number of nitrogens with one attached hydrogen (secondary N) is 1. The molecule has 0 fully saturated rings. The Bertz CT molecular complexity index is 433. The number of esters is 1. The third-order valence-electron chi connectivity index (χ3n) is 2.14. The molecule has 1 aromatic rings. The van der Waals surface area contributed by atoms with Gasteiger partial charge in [0.15, 0.2) is 24.7 Å². The van der Waals surface area contributed by atoms with E-state index >= 15 is 0 Å². The Morgan fingerprint density at radius 1 is 1.11 bits per heavy atom. The number of benzene rings is 1. The minimum absolute atomic E-state index is 0.277. The van der Waals surface area contributed by atoms with Gasteiger partial charge in [0.1, 0.15) is 0 Å². The van der Waals surface area contributed by atoms with E-state index in [1.54, 1.807) is 18.2 Å². The number of ether oxygens (including phenoxy) is 3. The minimum atomic E-state index is -0.616. The first-order valence-corrected chi connectivity index (χ1v) is 5.88. The molecule has 104 valence electrons. The van der Waals surface area contributed by atoms with Gasteiger partial charge in [-0.25, -0.2) is 4.79 Å². The van der Waals surface area contributed by atoms with Crippen molar-refractivity contribution < 1.29 is 23.8 Å². The Hall–Kier alpha value is -2.24. The van der Waals surface area contributed by atoms with Crippen LogP contribution in [-0.4, -0.2) is 38.7 Å². The molecule has 0 spiro atoms. The van der Waals surface area contributed by atoms with Crippen molar-refractivity contribution in [3.8, 4) is 11.5 Å². The van der Waals surface area contributed by atoms with Gasteiger partial charge in [-0.3, -0.25) is 4.79 Å². The van der Waals surface area contributed by atoms with E-state index in [1.165, 1.54) is 7.05 Å². The van der Waals surface area contributed by atoms with Crippen molar-refractivity contribution in [1.82, 2.24) is 5.32 Å². The summed E-state index contributed by atoms with van der Waals surface area (Å²) in [6, 6.07) is 7.02. The number of likely N-dealkylation sites (N-methyl/N-ethyl adjacent to an activating group) is 1. The van der Waals surface area contributed by atoms with Crippen LogP contribution in [0.25, 0.3) is 0 Å². The second kappa shape index (κ2) is 7.97. The lowest BCUT2D eigenvalue weighted by Crippen LogP contribution is -2.26. The first-order chi connectivity index (χ1) is 9.17. The van der Waals surface area contributed by atoms with Gasteiger partial charge in [0.2, 0.25) is 0 Å². The molecule has 1 aromatic carbocycles.